The quantitative estimate of drug-likeness (QED) is 0.669. The van der Waals surface area contributed by atoms with Crippen LogP contribution >= 0.6 is 11.6 Å². The average Bonchev–Trinajstić information content (AvgIpc) is 3.12. The minimum atomic E-state index is 0.654. The second kappa shape index (κ2) is 5.85. The summed E-state index contributed by atoms with van der Waals surface area (Å²) >= 11 is 6.50. The molecule has 2 saturated heterocycles. The van der Waals surface area contributed by atoms with Gasteiger partial charge in [-0.3, -0.25) is 4.90 Å². The highest BCUT2D eigenvalue weighted by molar-refractivity contribution is 6.34. The minimum Gasteiger partial charge on any atom is -0.354 e. The molecule has 130 valence electrons. The first-order valence-electron chi connectivity index (χ1n) is 9.15. The van der Waals surface area contributed by atoms with Gasteiger partial charge in [-0.1, -0.05) is 23.7 Å². The van der Waals surface area contributed by atoms with Gasteiger partial charge in [0.1, 0.15) is 10.8 Å². The summed E-state index contributed by atoms with van der Waals surface area (Å²) in [5.41, 5.74) is 2.67. The molecule has 25 heavy (non-hydrogen) atoms. The van der Waals surface area contributed by atoms with E-state index in [1.165, 1.54) is 32.4 Å². The number of halogens is 1. The van der Waals surface area contributed by atoms with Gasteiger partial charge in [-0.15, -0.1) is 0 Å². The standard InChI is InChI=1S/C19H22ClN5/c1-13-17(20)19-21-18(15-7-2-3-8-16(15)25(19)22-13)24-11-5-10-23-9-4-6-14(23)12-24/h2-3,7-8,14H,4-6,9-12H2,1H3/t14-/m1/s1. The number of rotatable bonds is 1. The van der Waals surface area contributed by atoms with Crippen LogP contribution in [0.4, 0.5) is 5.82 Å². The van der Waals surface area contributed by atoms with Crippen LogP contribution in [0.2, 0.25) is 5.02 Å². The SMILES string of the molecule is Cc1nn2c(nc(N3CCCN4CCC[C@@H]4C3)c3ccccc32)c1Cl. The number of hydrogen-bond acceptors (Lipinski definition) is 4. The first-order valence-corrected chi connectivity index (χ1v) is 9.53. The van der Waals surface area contributed by atoms with E-state index in [4.69, 9.17) is 16.6 Å². The van der Waals surface area contributed by atoms with E-state index in [0.29, 0.717) is 11.1 Å². The van der Waals surface area contributed by atoms with E-state index >= 15 is 0 Å². The highest BCUT2D eigenvalue weighted by Gasteiger charge is 2.30. The molecule has 0 aliphatic carbocycles. The summed E-state index contributed by atoms with van der Waals surface area (Å²) in [5, 5.41) is 6.40. The number of aromatic nitrogens is 3. The Morgan fingerprint density at radius 1 is 1.12 bits per heavy atom. The third kappa shape index (κ3) is 2.41. The summed E-state index contributed by atoms with van der Waals surface area (Å²) in [6, 6.07) is 9.05. The van der Waals surface area contributed by atoms with Crippen molar-refractivity contribution in [1.29, 1.82) is 0 Å². The lowest BCUT2D eigenvalue weighted by atomic mass is 10.2. The molecule has 2 aliphatic heterocycles. The van der Waals surface area contributed by atoms with Crippen molar-refractivity contribution in [3.8, 4) is 0 Å². The van der Waals surface area contributed by atoms with E-state index in [1.807, 2.05) is 11.4 Å². The van der Waals surface area contributed by atoms with E-state index in [0.717, 1.165) is 41.2 Å². The van der Waals surface area contributed by atoms with Crippen LogP contribution in [-0.2, 0) is 0 Å². The maximum absolute atomic E-state index is 6.50. The molecule has 0 N–H and O–H groups in total. The number of aryl methyl sites for hydroxylation is 1. The average molecular weight is 356 g/mol. The van der Waals surface area contributed by atoms with E-state index in [9.17, 15) is 0 Å². The third-order valence-electron chi connectivity index (χ3n) is 5.65. The van der Waals surface area contributed by atoms with Crippen LogP contribution in [0.25, 0.3) is 16.6 Å². The molecule has 3 aromatic rings. The molecular weight excluding hydrogens is 334 g/mol. The summed E-state index contributed by atoms with van der Waals surface area (Å²) in [6.45, 7) is 6.49. The number of nitrogens with zero attached hydrogens (tertiary/aromatic N) is 5. The summed E-state index contributed by atoms with van der Waals surface area (Å²) in [7, 11) is 0. The Balaban J connectivity index is 1.69. The zero-order chi connectivity index (χ0) is 17.0. The maximum Gasteiger partial charge on any atom is 0.176 e. The fourth-order valence-electron chi connectivity index (χ4n) is 4.41. The lowest BCUT2D eigenvalue weighted by Crippen LogP contribution is -2.37. The smallest absolute Gasteiger partial charge is 0.176 e. The molecule has 0 unspecified atom stereocenters. The normalized spacial score (nSPS) is 21.8. The van der Waals surface area contributed by atoms with Gasteiger partial charge in [0.15, 0.2) is 5.65 Å². The largest absolute Gasteiger partial charge is 0.354 e. The molecule has 0 spiro atoms. The van der Waals surface area contributed by atoms with Gasteiger partial charge < -0.3 is 4.90 Å². The van der Waals surface area contributed by atoms with Crippen LogP contribution in [-0.4, -0.2) is 51.7 Å². The highest BCUT2D eigenvalue weighted by Crippen LogP contribution is 2.32. The summed E-state index contributed by atoms with van der Waals surface area (Å²) < 4.78 is 1.89. The molecule has 1 atom stereocenters. The Labute approximate surface area is 152 Å². The minimum absolute atomic E-state index is 0.654. The molecule has 2 aromatic heterocycles. The predicted molar refractivity (Wildman–Crippen MR) is 102 cm³/mol. The van der Waals surface area contributed by atoms with Crippen molar-refractivity contribution in [2.24, 2.45) is 0 Å². The van der Waals surface area contributed by atoms with Crippen LogP contribution in [0.1, 0.15) is 25.0 Å². The number of fused-ring (bicyclic) bond motifs is 4. The highest BCUT2D eigenvalue weighted by atomic mass is 35.5. The zero-order valence-electron chi connectivity index (χ0n) is 14.5. The molecule has 2 fully saturated rings. The Kier molecular flexibility index (Phi) is 3.61. The molecule has 4 heterocycles. The molecule has 0 amide bonds. The Hall–Kier alpha value is -1.85. The third-order valence-corrected chi connectivity index (χ3v) is 6.10. The Bertz CT molecular complexity index is 950. The van der Waals surface area contributed by atoms with E-state index in [1.54, 1.807) is 0 Å². The van der Waals surface area contributed by atoms with Crippen molar-refractivity contribution in [3.63, 3.8) is 0 Å². The first kappa shape index (κ1) is 15.4. The predicted octanol–water partition coefficient (Wildman–Crippen LogP) is 3.52. The van der Waals surface area contributed by atoms with Gasteiger partial charge >= 0.3 is 0 Å². The number of anilines is 1. The molecule has 5 nitrogen and oxygen atoms in total. The van der Waals surface area contributed by atoms with E-state index < -0.39 is 0 Å². The van der Waals surface area contributed by atoms with Crippen molar-refractivity contribution in [2.45, 2.75) is 32.2 Å². The molecule has 0 bridgehead atoms. The van der Waals surface area contributed by atoms with Gasteiger partial charge in [0.05, 0.1) is 11.2 Å². The van der Waals surface area contributed by atoms with Crippen molar-refractivity contribution >= 4 is 34.0 Å². The lowest BCUT2D eigenvalue weighted by Gasteiger charge is -2.27. The summed E-state index contributed by atoms with van der Waals surface area (Å²) in [6.07, 6.45) is 3.80. The van der Waals surface area contributed by atoms with Gasteiger partial charge in [-0.05, 0) is 44.9 Å². The molecule has 1 aromatic carbocycles. The molecular formula is C19H22ClN5. The Morgan fingerprint density at radius 3 is 2.88 bits per heavy atom. The number of para-hydroxylation sites is 1. The van der Waals surface area contributed by atoms with Crippen LogP contribution in [0, 0.1) is 6.92 Å². The monoisotopic (exact) mass is 355 g/mol. The van der Waals surface area contributed by atoms with Crippen molar-refractivity contribution in [3.05, 3.63) is 35.0 Å². The Morgan fingerprint density at radius 2 is 1.96 bits per heavy atom. The topological polar surface area (TPSA) is 36.7 Å². The lowest BCUT2D eigenvalue weighted by molar-refractivity contribution is 0.273. The molecule has 2 aliphatic rings. The van der Waals surface area contributed by atoms with Crippen LogP contribution in [0.5, 0.6) is 0 Å². The van der Waals surface area contributed by atoms with Crippen molar-refractivity contribution in [1.82, 2.24) is 19.5 Å². The van der Waals surface area contributed by atoms with Crippen molar-refractivity contribution in [2.75, 3.05) is 31.1 Å². The van der Waals surface area contributed by atoms with E-state index in [2.05, 4.69) is 39.2 Å². The number of hydrogen-bond donors (Lipinski definition) is 0. The van der Waals surface area contributed by atoms with Crippen LogP contribution in [0.15, 0.2) is 24.3 Å². The van der Waals surface area contributed by atoms with Gasteiger partial charge in [0, 0.05) is 31.1 Å². The number of benzene rings is 1. The summed E-state index contributed by atoms with van der Waals surface area (Å²) in [4.78, 5) is 10.1. The van der Waals surface area contributed by atoms with Crippen molar-refractivity contribution < 1.29 is 0 Å². The van der Waals surface area contributed by atoms with Gasteiger partial charge in [-0.2, -0.15) is 5.10 Å². The molecule has 0 radical (unpaired) electrons. The fraction of sp³-hybridized carbons (Fsp3) is 0.474. The maximum atomic E-state index is 6.50. The van der Waals surface area contributed by atoms with E-state index in [-0.39, 0.29) is 0 Å². The second-order valence-electron chi connectivity index (χ2n) is 7.22. The second-order valence-corrected chi connectivity index (χ2v) is 7.60. The first-order chi connectivity index (χ1) is 12.2. The fourth-order valence-corrected chi connectivity index (χ4v) is 4.57. The van der Waals surface area contributed by atoms with Crippen LogP contribution < -0.4 is 4.90 Å². The summed E-state index contributed by atoms with van der Waals surface area (Å²) in [5.74, 6) is 1.05. The van der Waals surface area contributed by atoms with Gasteiger partial charge in [0.25, 0.3) is 0 Å². The van der Waals surface area contributed by atoms with Gasteiger partial charge in [-0.25, -0.2) is 9.50 Å². The van der Waals surface area contributed by atoms with Gasteiger partial charge in [0.2, 0.25) is 0 Å². The molecule has 0 saturated carbocycles. The molecule has 5 rings (SSSR count). The van der Waals surface area contributed by atoms with Crippen LogP contribution in [0.3, 0.4) is 0 Å². The molecule has 6 heteroatoms. The zero-order valence-corrected chi connectivity index (χ0v) is 15.2.